The quantitative estimate of drug-likeness (QED) is 0.823. The first kappa shape index (κ1) is 15.0. The van der Waals surface area contributed by atoms with Crippen molar-refractivity contribution in [3.05, 3.63) is 16.8 Å². The van der Waals surface area contributed by atoms with E-state index in [1.165, 1.54) is 0 Å². The molecule has 102 valence electrons. The van der Waals surface area contributed by atoms with Crippen LogP contribution in [0.2, 0.25) is 0 Å². The molecule has 1 aromatic rings. The highest BCUT2D eigenvalue weighted by molar-refractivity contribution is 5.92. The van der Waals surface area contributed by atoms with Crippen LogP contribution in [0.3, 0.4) is 0 Å². The van der Waals surface area contributed by atoms with Gasteiger partial charge in [0, 0.05) is 0 Å². The van der Waals surface area contributed by atoms with Crippen molar-refractivity contribution >= 4 is 5.97 Å². The van der Waals surface area contributed by atoms with Crippen molar-refractivity contribution in [3.8, 4) is 18.2 Å². The van der Waals surface area contributed by atoms with Gasteiger partial charge in [0.25, 0.3) is 0 Å². The predicted molar refractivity (Wildman–Crippen MR) is 71.3 cm³/mol. The zero-order valence-electron chi connectivity index (χ0n) is 11.6. The molecule has 0 saturated heterocycles. The molecule has 5 nitrogen and oxygen atoms in total. The molecular formula is C14H18N2O3. The topological polar surface area (TPSA) is 72.3 Å². The number of carboxylic acid groups (broad SMARTS) is 1. The SMILES string of the molecule is C#CC(C)(C)Oc1nnc(CC)c(CC)c1C(=O)O. The number of ether oxygens (including phenoxy) is 1. The summed E-state index contributed by atoms with van der Waals surface area (Å²) in [6.45, 7) is 7.11. The predicted octanol–water partition coefficient (Wildman–Crippen LogP) is 2.09. The van der Waals surface area contributed by atoms with Gasteiger partial charge in [0.15, 0.2) is 5.60 Å². The van der Waals surface area contributed by atoms with E-state index in [0.717, 1.165) is 0 Å². The van der Waals surface area contributed by atoms with Crippen molar-refractivity contribution in [1.82, 2.24) is 10.2 Å². The van der Waals surface area contributed by atoms with Crippen molar-refractivity contribution in [2.24, 2.45) is 0 Å². The highest BCUT2D eigenvalue weighted by Crippen LogP contribution is 2.25. The summed E-state index contributed by atoms with van der Waals surface area (Å²) in [4.78, 5) is 11.4. The zero-order valence-corrected chi connectivity index (χ0v) is 11.6. The zero-order chi connectivity index (χ0) is 14.6. The number of carboxylic acids is 1. The van der Waals surface area contributed by atoms with E-state index < -0.39 is 11.6 Å². The number of nitrogens with zero attached hydrogens (tertiary/aromatic N) is 2. The molecule has 1 aromatic heterocycles. The van der Waals surface area contributed by atoms with E-state index in [1.807, 2.05) is 13.8 Å². The van der Waals surface area contributed by atoms with Crippen molar-refractivity contribution in [3.63, 3.8) is 0 Å². The van der Waals surface area contributed by atoms with E-state index in [4.69, 9.17) is 11.2 Å². The van der Waals surface area contributed by atoms with Crippen LogP contribution in [0, 0.1) is 12.3 Å². The van der Waals surface area contributed by atoms with Gasteiger partial charge in [-0.3, -0.25) is 0 Å². The molecule has 19 heavy (non-hydrogen) atoms. The monoisotopic (exact) mass is 262 g/mol. The third-order valence-corrected chi connectivity index (χ3v) is 2.73. The van der Waals surface area contributed by atoms with Gasteiger partial charge >= 0.3 is 5.97 Å². The van der Waals surface area contributed by atoms with Gasteiger partial charge in [0.1, 0.15) is 5.56 Å². The van der Waals surface area contributed by atoms with Gasteiger partial charge in [-0.25, -0.2) is 4.79 Å². The van der Waals surface area contributed by atoms with Gasteiger partial charge in [-0.15, -0.1) is 11.5 Å². The van der Waals surface area contributed by atoms with Gasteiger partial charge in [-0.05, 0) is 32.3 Å². The third kappa shape index (κ3) is 3.22. The van der Waals surface area contributed by atoms with E-state index in [1.54, 1.807) is 13.8 Å². The highest BCUT2D eigenvalue weighted by Gasteiger charge is 2.26. The molecule has 0 bridgehead atoms. The number of rotatable bonds is 5. The average molecular weight is 262 g/mol. The summed E-state index contributed by atoms with van der Waals surface area (Å²) in [5.74, 6) is 1.34. The van der Waals surface area contributed by atoms with Gasteiger partial charge in [-0.1, -0.05) is 19.8 Å². The molecule has 0 amide bonds. The van der Waals surface area contributed by atoms with Crippen LogP contribution in [-0.4, -0.2) is 26.9 Å². The van der Waals surface area contributed by atoms with Crippen LogP contribution in [0.1, 0.15) is 49.3 Å². The van der Waals surface area contributed by atoms with Crippen molar-refractivity contribution in [2.45, 2.75) is 46.1 Å². The highest BCUT2D eigenvalue weighted by atomic mass is 16.5. The second-order valence-corrected chi connectivity index (χ2v) is 4.57. The van der Waals surface area contributed by atoms with Gasteiger partial charge in [0.2, 0.25) is 5.88 Å². The maximum Gasteiger partial charge on any atom is 0.341 e. The molecule has 1 rings (SSSR count). The van der Waals surface area contributed by atoms with Gasteiger partial charge in [-0.2, -0.15) is 5.10 Å². The van der Waals surface area contributed by atoms with Crippen LogP contribution in [0.25, 0.3) is 0 Å². The van der Waals surface area contributed by atoms with Crippen LogP contribution in [0.5, 0.6) is 5.88 Å². The fraction of sp³-hybridized carbons (Fsp3) is 0.500. The Morgan fingerprint density at radius 1 is 1.37 bits per heavy atom. The van der Waals surface area contributed by atoms with Crippen LogP contribution >= 0.6 is 0 Å². The Kier molecular flexibility index (Phi) is 4.49. The number of carbonyl (C=O) groups is 1. The molecule has 0 atom stereocenters. The minimum absolute atomic E-state index is 0.0236. The number of hydrogen-bond donors (Lipinski definition) is 1. The maximum atomic E-state index is 11.4. The smallest absolute Gasteiger partial charge is 0.341 e. The van der Waals surface area contributed by atoms with Crippen molar-refractivity contribution in [2.75, 3.05) is 0 Å². The van der Waals surface area contributed by atoms with Gasteiger partial charge < -0.3 is 9.84 Å². The summed E-state index contributed by atoms with van der Waals surface area (Å²) in [6.07, 6.45) is 6.51. The lowest BCUT2D eigenvalue weighted by Crippen LogP contribution is -2.28. The maximum absolute atomic E-state index is 11.4. The normalized spacial score (nSPS) is 10.9. The van der Waals surface area contributed by atoms with E-state index in [9.17, 15) is 9.90 Å². The first-order valence-electron chi connectivity index (χ1n) is 6.14. The molecule has 0 aliphatic heterocycles. The van der Waals surface area contributed by atoms with Crippen LogP contribution in [0.15, 0.2) is 0 Å². The Morgan fingerprint density at radius 3 is 2.42 bits per heavy atom. The fourth-order valence-electron chi connectivity index (χ4n) is 1.72. The molecule has 0 aliphatic carbocycles. The number of hydrogen-bond acceptors (Lipinski definition) is 4. The number of aromatic nitrogens is 2. The standard InChI is InChI=1S/C14H18N2O3/c1-6-9-10(7-2)15-16-12(11(9)13(17)18)19-14(4,5)8-3/h3H,6-7H2,1-2,4-5H3,(H,17,18). The minimum Gasteiger partial charge on any atom is -0.477 e. The molecule has 0 radical (unpaired) electrons. The van der Waals surface area contributed by atoms with E-state index in [2.05, 4.69) is 16.1 Å². The summed E-state index contributed by atoms with van der Waals surface area (Å²) in [5.41, 5.74) is 0.439. The second-order valence-electron chi connectivity index (χ2n) is 4.57. The Balaban J connectivity index is 3.42. The molecule has 0 unspecified atom stereocenters. The molecule has 5 heteroatoms. The summed E-state index contributed by atoms with van der Waals surface area (Å²) in [6, 6.07) is 0. The fourth-order valence-corrected chi connectivity index (χ4v) is 1.72. The molecule has 1 N–H and O–H groups in total. The number of aromatic carboxylic acids is 1. The van der Waals surface area contributed by atoms with E-state index in [-0.39, 0.29) is 11.4 Å². The van der Waals surface area contributed by atoms with Crippen LogP contribution in [0.4, 0.5) is 0 Å². The molecular weight excluding hydrogens is 244 g/mol. The lowest BCUT2D eigenvalue weighted by atomic mass is 10.0. The van der Waals surface area contributed by atoms with Crippen LogP contribution in [-0.2, 0) is 12.8 Å². The first-order chi connectivity index (χ1) is 8.86. The Bertz CT molecular complexity index is 530. The number of aryl methyl sites for hydroxylation is 1. The average Bonchev–Trinajstić information content (AvgIpc) is 2.37. The lowest BCUT2D eigenvalue weighted by molar-refractivity contribution is 0.0682. The second kappa shape index (κ2) is 5.70. The Morgan fingerprint density at radius 2 is 2.00 bits per heavy atom. The first-order valence-corrected chi connectivity index (χ1v) is 6.14. The van der Waals surface area contributed by atoms with E-state index >= 15 is 0 Å². The molecule has 0 aromatic carbocycles. The summed E-state index contributed by atoms with van der Waals surface area (Å²) >= 11 is 0. The van der Waals surface area contributed by atoms with Crippen LogP contribution < -0.4 is 4.74 Å². The largest absolute Gasteiger partial charge is 0.477 e. The Hall–Kier alpha value is -2.09. The summed E-state index contributed by atoms with van der Waals surface area (Å²) in [7, 11) is 0. The molecule has 0 spiro atoms. The Labute approximate surface area is 113 Å². The molecule has 0 aliphatic rings. The molecule has 0 fully saturated rings. The van der Waals surface area contributed by atoms with Crippen molar-refractivity contribution < 1.29 is 14.6 Å². The summed E-state index contributed by atoms with van der Waals surface area (Å²) < 4.78 is 5.49. The number of terminal acetylenes is 1. The lowest BCUT2D eigenvalue weighted by Gasteiger charge is -2.21. The minimum atomic E-state index is -1.08. The molecule has 0 saturated carbocycles. The molecule has 1 heterocycles. The van der Waals surface area contributed by atoms with Crippen molar-refractivity contribution in [1.29, 1.82) is 0 Å². The van der Waals surface area contributed by atoms with Gasteiger partial charge in [0.05, 0.1) is 5.69 Å². The third-order valence-electron chi connectivity index (χ3n) is 2.73. The van der Waals surface area contributed by atoms with E-state index in [0.29, 0.717) is 24.1 Å². The summed E-state index contributed by atoms with van der Waals surface area (Å²) in [5, 5.41) is 17.3.